The van der Waals surface area contributed by atoms with E-state index < -0.39 is 12.8 Å². The van der Waals surface area contributed by atoms with E-state index in [1.165, 1.54) is 0 Å². The predicted octanol–water partition coefficient (Wildman–Crippen LogP) is 2.71. The van der Waals surface area contributed by atoms with Gasteiger partial charge < -0.3 is 4.74 Å². The van der Waals surface area contributed by atoms with Crippen LogP contribution in [-0.2, 0) is 9.53 Å². The zero-order chi connectivity index (χ0) is 11.5. The highest BCUT2D eigenvalue weighted by Gasteiger charge is 2.46. The van der Waals surface area contributed by atoms with Crippen molar-refractivity contribution in [3.63, 3.8) is 0 Å². The van der Waals surface area contributed by atoms with Crippen LogP contribution in [0.2, 0.25) is 0 Å². The third-order valence-electron chi connectivity index (χ3n) is 2.81. The minimum Gasteiger partial charge on any atom is -0.372 e. The van der Waals surface area contributed by atoms with Crippen molar-refractivity contribution >= 4 is 5.78 Å². The van der Waals surface area contributed by atoms with Gasteiger partial charge in [0.25, 0.3) is 0 Å². The summed E-state index contributed by atoms with van der Waals surface area (Å²) < 4.78 is 39.5. The molecule has 1 fully saturated rings. The highest BCUT2D eigenvalue weighted by atomic mass is 19.4. The van der Waals surface area contributed by atoms with Crippen molar-refractivity contribution in [2.45, 2.75) is 38.8 Å². The molecule has 0 unspecified atom stereocenters. The molecule has 5 heteroatoms. The fourth-order valence-corrected chi connectivity index (χ4v) is 1.63. The number of ether oxygens (including phenoxy) is 1. The summed E-state index contributed by atoms with van der Waals surface area (Å²) in [6, 6.07) is 0. The van der Waals surface area contributed by atoms with Crippen LogP contribution < -0.4 is 0 Å². The van der Waals surface area contributed by atoms with E-state index in [-0.39, 0.29) is 17.8 Å². The molecule has 0 aliphatic heterocycles. The molecule has 1 aliphatic rings. The van der Waals surface area contributed by atoms with Gasteiger partial charge in [-0.1, -0.05) is 0 Å². The van der Waals surface area contributed by atoms with Crippen LogP contribution in [0.5, 0.6) is 0 Å². The van der Waals surface area contributed by atoms with Crippen molar-refractivity contribution in [3.8, 4) is 0 Å². The van der Waals surface area contributed by atoms with Crippen molar-refractivity contribution in [3.05, 3.63) is 0 Å². The first-order valence-corrected chi connectivity index (χ1v) is 5.01. The highest BCUT2D eigenvalue weighted by Crippen LogP contribution is 2.50. The third-order valence-corrected chi connectivity index (χ3v) is 2.81. The number of Topliss-reactive ketones (excluding diaryl/α,β-unsaturated/α-hetero) is 1. The lowest BCUT2D eigenvalue weighted by atomic mass is 9.96. The largest absolute Gasteiger partial charge is 0.411 e. The van der Waals surface area contributed by atoms with Crippen LogP contribution in [0.25, 0.3) is 0 Å². The van der Waals surface area contributed by atoms with Crippen LogP contribution >= 0.6 is 0 Å². The van der Waals surface area contributed by atoms with E-state index in [0.717, 1.165) is 12.8 Å². The van der Waals surface area contributed by atoms with Crippen LogP contribution in [-0.4, -0.2) is 25.2 Å². The van der Waals surface area contributed by atoms with Gasteiger partial charge >= 0.3 is 6.18 Å². The molecule has 2 nitrogen and oxygen atoms in total. The monoisotopic (exact) mass is 224 g/mol. The van der Waals surface area contributed by atoms with E-state index in [1.54, 1.807) is 6.92 Å². The number of halogens is 3. The molecule has 0 spiro atoms. The predicted molar refractivity (Wildman–Crippen MR) is 48.5 cm³/mol. The minimum atomic E-state index is -4.25. The molecule has 0 aromatic rings. The minimum absolute atomic E-state index is 0.0779. The number of rotatable bonds is 6. The van der Waals surface area contributed by atoms with Crippen molar-refractivity contribution in [2.24, 2.45) is 5.41 Å². The summed E-state index contributed by atoms with van der Waals surface area (Å²) in [6.45, 7) is 0.429. The molecule has 0 N–H and O–H groups in total. The van der Waals surface area contributed by atoms with Crippen molar-refractivity contribution in [1.29, 1.82) is 0 Å². The van der Waals surface area contributed by atoms with Gasteiger partial charge in [-0.3, -0.25) is 4.79 Å². The Morgan fingerprint density at radius 1 is 1.40 bits per heavy atom. The molecule has 0 saturated heterocycles. The molecular weight excluding hydrogens is 209 g/mol. The number of hydrogen-bond acceptors (Lipinski definition) is 2. The number of carbonyl (C=O) groups excluding carboxylic acids is 1. The first kappa shape index (κ1) is 12.5. The Morgan fingerprint density at radius 2 is 2.00 bits per heavy atom. The van der Waals surface area contributed by atoms with Gasteiger partial charge in [0.05, 0.1) is 0 Å². The number of hydrogen-bond donors (Lipinski definition) is 0. The van der Waals surface area contributed by atoms with Crippen LogP contribution in [0.3, 0.4) is 0 Å². The first-order chi connectivity index (χ1) is 6.86. The fraction of sp³-hybridized carbons (Fsp3) is 0.900. The van der Waals surface area contributed by atoms with Gasteiger partial charge in [-0.05, 0) is 32.6 Å². The maximum atomic E-state index is 11.7. The Kier molecular flexibility index (Phi) is 3.76. The molecule has 1 rings (SSSR count). The molecule has 1 aliphatic carbocycles. The van der Waals surface area contributed by atoms with Crippen molar-refractivity contribution in [1.82, 2.24) is 0 Å². The average Bonchev–Trinajstić information content (AvgIpc) is 2.82. The highest BCUT2D eigenvalue weighted by molar-refractivity contribution is 5.84. The number of alkyl halides is 3. The summed E-state index contributed by atoms with van der Waals surface area (Å²) in [4.78, 5) is 11.1. The lowest BCUT2D eigenvalue weighted by molar-refractivity contribution is -0.174. The fourth-order valence-electron chi connectivity index (χ4n) is 1.63. The quantitative estimate of drug-likeness (QED) is 0.648. The van der Waals surface area contributed by atoms with Crippen LogP contribution in [0.15, 0.2) is 0 Å². The lowest BCUT2D eigenvalue weighted by Crippen LogP contribution is -2.18. The number of ketones is 1. The summed E-state index contributed by atoms with van der Waals surface area (Å²) in [5.74, 6) is 0.151. The normalized spacial score (nSPS) is 18.9. The Labute approximate surface area is 86.8 Å². The molecule has 0 atom stereocenters. The molecule has 0 heterocycles. The lowest BCUT2D eigenvalue weighted by Gasteiger charge is -2.11. The van der Waals surface area contributed by atoms with Crippen molar-refractivity contribution < 1.29 is 22.7 Å². The maximum absolute atomic E-state index is 11.7. The van der Waals surface area contributed by atoms with Gasteiger partial charge in [0.2, 0.25) is 0 Å². The summed E-state index contributed by atoms with van der Waals surface area (Å²) in [6.07, 6.45) is -1.32. The maximum Gasteiger partial charge on any atom is 0.411 e. The van der Waals surface area contributed by atoms with Crippen LogP contribution in [0.1, 0.15) is 32.6 Å². The van der Waals surface area contributed by atoms with E-state index >= 15 is 0 Å². The van der Waals surface area contributed by atoms with Crippen LogP contribution in [0.4, 0.5) is 13.2 Å². The van der Waals surface area contributed by atoms with Crippen LogP contribution in [0, 0.1) is 5.41 Å². The standard InChI is InChI=1S/C10H15F3O2/c1-8(14)9(4-5-9)3-2-6-15-7-10(11,12)13/h2-7H2,1H3. The van der Waals surface area contributed by atoms with Gasteiger partial charge in [-0.15, -0.1) is 0 Å². The molecule has 0 aromatic heterocycles. The molecule has 0 bridgehead atoms. The smallest absolute Gasteiger partial charge is 0.372 e. The Morgan fingerprint density at radius 3 is 2.40 bits per heavy atom. The molecule has 0 radical (unpaired) electrons. The molecule has 0 amide bonds. The molecule has 88 valence electrons. The summed E-state index contributed by atoms with van der Waals surface area (Å²) in [7, 11) is 0. The van der Waals surface area contributed by atoms with Crippen molar-refractivity contribution in [2.75, 3.05) is 13.2 Å². The SMILES string of the molecule is CC(=O)C1(CCCOCC(F)(F)F)CC1. The third kappa shape index (κ3) is 4.20. The first-order valence-electron chi connectivity index (χ1n) is 5.01. The Balaban J connectivity index is 2.05. The second-order valence-electron chi connectivity index (χ2n) is 4.11. The van der Waals surface area contributed by atoms with Gasteiger partial charge in [-0.2, -0.15) is 13.2 Å². The zero-order valence-corrected chi connectivity index (χ0v) is 8.69. The Hall–Kier alpha value is -0.580. The molecule has 1 saturated carbocycles. The molecule has 0 aromatic carbocycles. The zero-order valence-electron chi connectivity index (χ0n) is 8.69. The van der Waals surface area contributed by atoms with E-state index in [2.05, 4.69) is 4.74 Å². The summed E-state index contributed by atoms with van der Waals surface area (Å²) in [5.41, 5.74) is -0.221. The van der Waals surface area contributed by atoms with E-state index in [4.69, 9.17) is 0 Å². The number of carbonyl (C=O) groups is 1. The van der Waals surface area contributed by atoms with E-state index in [9.17, 15) is 18.0 Å². The van der Waals surface area contributed by atoms with Gasteiger partial charge in [0.1, 0.15) is 12.4 Å². The summed E-state index contributed by atoms with van der Waals surface area (Å²) >= 11 is 0. The average molecular weight is 224 g/mol. The molecule has 15 heavy (non-hydrogen) atoms. The van der Waals surface area contributed by atoms with Gasteiger partial charge in [0.15, 0.2) is 0 Å². The molecular formula is C10H15F3O2. The second kappa shape index (κ2) is 4.51. The summed E-state index contributed by atoms with van der Waals surface area (Å²) in [5, 5.41) is 0. The van der Waals surface area contributed by atoms with Gasteiger partial charge in [0, 0.05) is 12.0 Å². The Bertz CT molecular complexity index is 231. The van der Waals surface area contributed by atoms with Gasteiger partial charge in [-0.25, -0.2) is 0 Å². The topological polar surface area (TPSA) is 26.3 Å². The van der Waals surface area contributed by atoms with E-state index in [0.29, 0.717) is 12.8 Å². The second-order valence-corrected chi connectivity index (χ2v) is 4.11. The van der Waals surface area contributed by atoms with E-state index in [1.807, 2.05) is 0 Å².